The zero-order valence-electron chi connectivity index (χ0n) is 22.7. The predicted molar refractivity (Wildman–Crippen MR) is 163 cm³/mol. The quantitative estimate of drug-likeness (QED) is 0.264. The van der Waals surface area contributed by atoms with E-state index in [9.17, 15) is 9.59 Å². The molecule has 0 bridgehead atoms. The SMILES string of the molecule is COc1ccc(OC)c(C(=O)[C@@H]2[C@H](C(=O)c3cccs3)N3c4ccc(Cl)cc4C=C[C@@H]3[C@@]23C(=O)Nc2ccccc23)c1. The van der Waals surface area contributed by atoms with Crippen LogP contribution >= 0.6 is 22.9 Å². The van der Waals surface area contributed by atoms with Crippen LogP contribution in [0.5, 0.6) is 11.5 Å². The minimum atomic E-state index is -1.42. The summed E-state index contributed by atoms with van der Waals surface area (Å²) in [6, 6.07) is 19.7. The molecular weight excluding hydrogens is 572 g/mol. The number of ether oxygens (including phenoxy) is 2. The highest BCUT2D eigenvalue weighted by molar-refractivity contribution is 7.12. The van der Waals surface area contributed by atoms with Crippen LogP contribution in [-0.2, 0) is 10.2 Å². The zero-order chi connectivity index (χ0) is 29.2. The monoisotopic (exact) mass is 596 g/mol. The molecule has 4 atom stereocenters. The van der Waals surface area contributed by atoms with E-state index in [-0.39, 0.29) is 23.0 Å². The number of rotatable bonds is 6. The van der Waals surface area contributed by atoms with E-state index >= 15 is 4.79 Å². The van der Waals surface area contributed by atoms with Gasteiger partial charge in [-0.1, -0.05) is 48.0 Å². The fourth-order valence-corrected chi connectivity index (χ4v) is 7.77. The number of carbonyl (C=O) groups excluding carboxylic acids is 3. The van der Waals surface area contributed by atoms with E-state index in [0.29, 0.717) is 32.6 Å². The van der Waals surface area contributed by atoms with Crippen molar-refractivity contribution in [2.24, 2.45) is 5.92 Å². The first kappa shape index (κ1) is 26.5. The van der Waals surface area contributed by atoms with E-state index in [1.807, 2.05) is 64.9 Å². The van der Waals surface area contributed by atoms with Gasteiger partial charge < -0.3 is 19.7 Å². The second kappa shape index (κ2) is 9.86. The fraction of sp³-hybridized carbons (Fsp3) is 0.182. The largest absolute Gasteiger partial charge is 0.497 e. The summed E-state index contributed by atoms with van der Waals surface area (Å²) in [5.74, 6) is -1.28. The number of hydrogen-bond acceptors (Lipinski definition) is 7. The van der Waals surface area contributed by atoms with Gasteiger partial charge in [-0.25, -0.2) is 0 Å². The molecule has 3 aliphatic heterocycles. The Labute approximate surface area is 251 Å². The summed E-state index contributed by atoms with van der Waals surface area (Å²) in [6.07, 6.45) is 3.84. The summed E-state index contributed by atoms with van der Waals surface area (Å²) in [6.45, 7) is 0. The lowest BCUT2D eigenvalue weighted by molar-refractivity contribution is -0.121. The van der Waals surface area contributed by atoms with Gasteiger partial charge >= 0.3 is 0 Å². The van der Waals surface area contributed by atoms with Gasteiger partial charge in [0.25, 0.3) is 0 Å². The Bertz CT molecular complexity index is 1800. The highest BCUT2D eigenvalue weighted by atomic mass is 35.5. The number of anilines is 2. The van der Waals surface area contributed by atoms with Gasteiger partial charge in [0.2, 0.25) is 5.91 Å². The van der Waals surface area contributed by atoms with Crippen molar-refractivity contribution >= 4 is 57.9 Å². The lowest BCUT2D eigenvalue weighted by atomic mass is 9.64. The Morgan fingerprint density at radius 1 is 0.976 bits per heavy atom. The molecule has 3 aliphatic rings. The van der Waals surface area contributed by atoms with E-state index in [1.54, 1.807) is 30.3 Å². The molecule has 4 aromatic rings. The molecule has 1 saturated heterocycles. The number of Topliss-reactive ketones (excluding diaryl/α,β-unsaturated/α-hetero) is 2. The van der Waals surface area contributed by atoms with Crippen LogP contribution in [0.15, 0.2) is 84.3 Å². The second-order valence-corrected chi connectivity index (χ2v) is 11.9. The maximum absolute atomic E-state index is 15.1. The van der Waals surface area contributed by atoms with Crippen molar-refractivity contribution < 1.29 is 23.9 Å². The third-order valence-corrected chi connectivity index (χ3v) is 9.70. The molecule has 0 unspecified atom stereocenters. The van der Waals surface area contributed by atoms with E-state index in [0.717, 1.165) is 11.3 Å². The van der Waals surface area contributed by atoms with Crippen LogP contribution in [0, 0.1) is 5.92 Å². The van der Waals surface area contributed by atoms with E-state index in [2.05, 4.69) is 5.32 Å². The van der Waals surface area contributed by atoms with Gasteiger partial charge in [0.1, 0.15) is 23.0 Å². The zero-order valence-corrected chi connectivity index (χ0v) is 24.2. The standard InChI is InChI=1S/C33H25ClN2O5S/c1-40-20-11-13-25(41-2)21(17-20)30(37)28-29(31(38)26-8-5-15-42-26)36-24-12-10-19(34)16-18(24)9-14-27(36)33(28)22-6-3-4-7-23(22)35-32(33)39/h3-17,27-29H,1-2H3,(H,35,39)/t27-,28+,29-,33-/m1/s1. The summed E-state index contributed by atoms with van der Waals surface area (Å²) in [7, 11) is 3.00. The van der Waals surface area contributed by atoms with Gasteiger partial charge in [0, 0.05) is 16.4 Å². The molecule has 210 valence electrons. The molecule has 42 heavy (non-hydrogen) atoms. The van der Waals surface area contributed by atoms with Crippen molar-refractivity contribution in [2.45, 2.75) is 17.5 Å². The third-order valence-electron chi connectivity index (χ3n) is 8.58. The molecule has 3 aromatic carbocycles. The second-order valence-electron chi connectivity index (χ2n) is 10.5. The lowest BCUT2D eigenvalue weighted by Crippen LogP contribution is -2.51. The van der Waals surface area contributed by atoms with Gasteiger partial charge in [0.15, 0.2) is 11.6 Å². The molecule has 9 heteroatoms. The van der Waals surface area contributed by atoms with Crippen LogP contribution in [-0.4, -0.2) is 43.8 Å². The highest BCUT2D eigenvalue weighted by Crippen LogP contribution is 2.58. The van der Waals surface area contributed by atoms with Gasteiger partial charge in [-0.15, -0.1) is 11.3 Å². The van der Waals surface area contributed by atoms with Crippen molar-refractivity contribution in [3.8, 4) is 11.5 Å². The van der Waals surface area contributed by atoms with Gasteiger partial charge in [-0.05, 0) is 65.0 Å². The number of halogens is 1. The maximum atomic E-state index is 15.1. The Kier molecular flexibility index (Phi) is 6.22. The van der Waals surface area contributed by atoms with Gasteiger partial charge in [0.05, 0.1) is 36.6 Å². The molecule has 1 fully saturated rings. The number of thiophene rings is 1. The van der Waals surface area contributed by atoms with Crippen LogP contribution < -0.4 is 19.7 Å². The number of carbonyl (C=O) groups is 3. The highest BCUT2D eigenvalue weighted by Gasteiger charge is 2.70. The van der Waals surface area contributed by atoms with Crippen molar-refractivity contribution in [2.75, 3.05) is 24.4 Å². The predicted octanol–water partition coefficient (Wildman–Crippen LogP) is 6.27. The topological polar surface area (TPSA) is 84.9 Å². The summed E-state index contributed by atoms with van der Waals surface area (Å²) < 4.78 is 11.1. The molecular formula is C33H25ClN2O5S. The fourth-order valence-electron chi connectivity index (χ4n) is 6.89. The van der Waals surface area contributed by atoms with E-state index in [4.69, 9.17) is 21.1 Å². The van der Waals surface area contributed by atoms with E-state index in [1.165, 1.54) is 25.6 Å². The Morgan fingerprint density at radius 3 is 2.57 bits per heavy atom. The number of para-hydroxylation sites is 1. The number of amides is 1. The molecule has 7 nitrogen and oxygen atoms in total. The van der Waals surface area contributed by atoms with Crippen molar-refractivity contribution in [1.29, 1.82) is 0 Å². The third kappa shape index (κ3) is 3.61. The van der Waals surface area contributed by atoms with Crippen molar-refractivity contribution in [3.05, 3.63) is 111 Å². The van der Waals surface area contributed by atoms with Crippen molar-refractivity contribution in [3.63, 3.8) is 0 Å². The molecule has 1 N–H and O–H groups in total. The van der Waals surface area contributed by atoms with Gasteiger partial charge in [-0.2, -0.15) is 0 Å². The molecule has 0 aliphatic carbocycles. The van der Waals surface area contributed by atoms with Crippen molar-refractivity contribution in [1.82, 2.24) is 0 Å². The first-order valence-corrected chi connectivity index (χ1v) is 14.7. The average Bonchev–Trinajstić information content (AvgIpc) is 3.73. The molecule has 1 aromatic heterocycles. The summed E-state index contributed by atoms with van der Waals surface area (Å²) in [5.41, 5.74) is 1.64. The first-order valence-electron chi connectivity index (χ1n) is 13.4. The molecule has 0 saturated carbocycles. The van der Waals surface area contributed by atoms with Crippen LogP contribution in [0.4, 0.5) is 11.4 Å². The smallest absolute Gasteiger partial charge is 0.238 e. The number of nitrogens with zero attached hydrogens (tertiary/aromatic N) is 1. The van der Waals surface area contributed by atoms with Gasteiger partial charge in [-0.3, -0.25) is 14.4 Å². The number of methoxy groups -OCH3 is 2. The summed E-state index contributed by atoms with van der Waals surface area (Å²) in [5, 5.41) is 5.42. The minimum absolute atomic E-state index is 0.236. The average molecular weight is 597 g/mol. The normalized spacial score (nSPS) is 23.3. The van der Waals surface area contributed by atoms with Crippen LogP contribution in [0.1, 0.15) is 31.2 Å². The minimum Gasteiger partial charge on any atom is -0.497 e. The van der Waals surface area contributed by atoms with Crippen LogP contribution in [0.2, 0.25) is 5.02 Å². The molecule has 1 spiro atoms. The summed E-state index contributed by atoms with van der Waals surface area (Å²) in [4.78, 5) is 46.6. The molecule has 7 rings (SSSR count). The molecule has 4 heterocycles. The maximum Gasteiger partial charge on any atom is 0.238 e. The number of hydrogen-bond donors (Lipinski definition) is 1. The Morgan fingerprint density at radius 2 is 1.81 bits per heavy atom. The van der Waals surface area contributed by atoms with E-state index < -0.39 is 23.4 Å². The number of fused-ring (bicyclic) bond motifs is 6. The Balaban J connectivity index is 1.55. The number of nitrogens with one attached hydrogen (secondary N) is 1. The lowest BCUT2D eigenvalue weighted by Gasteiger charge is -2.37. The number of ketones is 2. The first-order chi connectivity index (χ1) is 20.4. The van der Waals surface area contributed by atoms with Crippen LogP contribution in [0.25, 0.3) is 6.08 Å². The summed E-state index contributed by atoms with van der Waals surface area (Å²) >= 11 is 7.68. The molecule has 1 amide bonds. The van der Waals surface area contributed by atoms with Crippen LogP contribution in [0.3, 0.4) is 0 Å². The number of benzene rings is 3. The Hall–Kier alpha value is -4.40. The molecule has 0 radical (unpaired) electrons.